The topological polar surface area (TPSA) is 93.5 Å². The van der Waals surface area contributed by atoms with Crippen molar-refractivity contribution in [2.45, 2.75) is 58.7 Å². The minimum Gasteiger partial charge on any atom is -0.444 e. The van der Waals surface area contributed by atoms with Gasteiger partial charge in [-0.1, -0.05) is 30.3 Å². The monoisotopic (exact) mass is 426 g/mol. The van der Waals surface area contributed by atoms with Gasteiger partial charge in [-0.05, 0) is 39.7 Å². The number of carbonyl (C=O) groups excluding carboxylic acids is 3. The number of ketones is 1. The zero-order valence-corrected chi connectivity index (χ0v) is 18.6. The Balaban J connectivity index is 1.63. The average molecular weight is 427 g/mol. The van der Waals surface area contributed by atoms with E-state index in [4.69, 9.17) is 4.74 Å². The van der Waals surface area contributed by atoms with Gasteiger partial charge >= 0.3 is 6.09 Å². The maximum atomic E-state index is 13.2. The second-order valence-corrected chi connectivity index (χ2v) is 8.75. The van der Waals surface area contributed by atoms with Crippen molar-refractivity contribution in [3.63, 3.8) is 0 Å². The van der Waals surface area contributed by atoms with Crippen LogP contribution in [0.4, 0.5) is 4.79 Å². The molecule has 1 aromatic carbocycles. The third-order valence-electron chi connectivity index (χ3n) is 5.05. The van der Waals surface area contributed by atoms with Gasteiger partial charge in [-0.2, -0.15) is 5.10 Å². The molecule has 0 radical (unpaired) electrons. The summed E-state index contributed by atoms with van der Waals surface area (Å²) in [6, 6.07) is 9.36. The molecule has 0 spiro atoms. The molecule has 0 bridgehead atoms. The van der Waals surface area contributed by atoms with Crippen LogP contribution in [0.5, 0.6) is 0 Å². The third kappa shape index (κ3) is 5.93. The molecule has 3 rings (SSSR count). The van der Waals surface area contributed by atoms with Gasteiger partial charge in [-0.25, -0.2) is 4.79 Å². The number of aromatic nitrogens is 2. The summed E-state index contributed by atoms with van der Waals surface area (Å²) >= 11 is 0. The normalized spacial score (nSPS) is 16.5. The van der Waals surface area contributed by atoms with Crippen molar-refractivity contribution in [1.82, 2.24) is 20.0 Å². The van der Waals surface area contributed by atoms with E-state index in [0.717, 1.165) is 5.56 Å². The summed E-state index contributed by atoms with van der Waals surface area (Å²) in [4.78, 5) is 39.0. The summed E-state index contributed by atoms with van der Waals surface area (Å²) in [5.74, 6) is -0.196. The number of amides is 2. The smallest absolute Gasteiger partial charge is 0.407 e. The number of ether oxygens (including phenoxy) is 1. The molecule has 1 fully saturated rings. The lowest BCUT2D eigenvalue weighted by molar-refractivity contribution is -0.128. The van der Waals surface area contributed by atoms with Gasteiger partial charge in [0.25, 0.3) is 0 Å². The lowest BCUT2D eigenvalue weighted by Crippen LogP contribution is -2.44. The maximum absolute atomic E-state index is 13.2. The van der Waals surface area contributed by atoms with Crippen LogP contribution in [-0.2, 0) is 16.1 Å². The molecule has 2 amide bonds. The predicted molar refractivity (Wildman–Crippen MR) is 116 cm³/mol. The van der Waals surface area contributed by atoms with Crippen molar-refractivity contribution in [2.75, 3.05) is 13.1 Å². The lowest BCUT2D eigenvalue weighted by Gasteiger charge is -2.24. The van der Waals surface area contributed by atoms with Crippen molar-refractivity contribution in [3.05, 3.63) is 53.3 Å². The first-order chi connectivity index (χ1) is 14.6. The van der Waals surface area contributed by atoms with Crippen LogP contribution in [0.15, 0.2) is 36.5 Å². The Morgan fingerprint density at radius 2 is 1.94 bits per heavy atom. The standard InChI is InChI=1S/C23H30N4O4/c1-16-18(15-26(25-16)14-17-8-6-5-7-9-17)21(29)19-10-11-20(28)27(19)13-12-24-22(30)31-23(2,3)4/h5-9,15,19H,10-14H2,1-4H3,(H,24,30)/t19-/m0/s1. The van der Waals surface area contributed by atoms with Crippen molar-refractivity contribution < 1.29 is 19.1 Å². The van der Waals surface area contributed by atoms with E-state index in [1.807, 2.05) is 30.3 Å². The van der Waals surface area contributed by atoms with Gasteiger partial charge in [0.15, 0.2) is 5.78 Å². The quantitative estimate of drug-likeness (QED) is 0.687. The fourth-order valence-electron chi connectivity index (χ4n) is 3.67. The average Bonchev–Trinajstić information content (AvgIpc) is 3.23. The molecule has 8 heteroatoms. The predicted octanol–water partition coefficient (Wildman–Crippen LogP) is 2.94. The molecular weight excluding hydrogens is 396 g/mol. The van der Waals surface area contributed by atoms with E-state index < -0.39 is 17.7 Å². The summed E-state index contributed by atoms with van der Waals surface area (Å²) in [5, 5.41) is 7.13. The molecule has 2 aromatic rings. The van der Waals surface area contributed by atoms with E-state index in [2.05, 4.69) is 10.4 Å². The van der Waals surface area contributed by atoms with E-state index in [-0.39, 0.29) is 24.8 Å². The van der Waals surface area contributed by atoms with Crippen molar-refractivity contribution in [2.24, 2.45) is 0 Å². The van der Waals surface area contributed by atoms with Gasteiger partial charge in [0, 0.05) is 25.7 Å². The van der Waals surface area contributed by atoms with Crippen LogP contribution in [0, 0.1) is 6.92 Å². The fourth-order valence-corrected chi connectivity index (χ4v) is 3.67. The molecule has 2 heterocycles. The molecular formula is C23H30N4O4. The Labute approximate surface area is 182 Å². The van der Waals surface area contributed by atoms with Crippen LogP contribution in [0.3, 0.4) is 0 Å². The molecule has 31 heavy (non-hydrogen) atoms. The van der Waals surface area contributed by atoms with Crippen LogP contribution in [-0.4, -0.2) is 57.2 Å². The van der Waals surface area contributed by atoms with Gasteiger partial charge in [-0.15, -0.1) is 0 Å². The summed E-state index contributed by atoms with van der Waals surface area (Å²) in [6.45, 7) is 8.20. The summed E-state index contributed by atoms with van der Waals surface area (Å²) < 4.78 is 6.96. The molecule has 0 unspecified atom stereocenters. The second-order valence-electron chi connectivity index (χ2n) is 8.75. The molecule has 1 atom stereocenters. The number of aryl methyl sites for hydroxylation is 1. The molecule has 1 aliphatic heterocycles. The third-order valence-corrected chi connectivity index (χ3v) is 5.05. The highest BCUT2D eigenvalue weighted by atomic mass is 16.6. The molecule has 0 aliphatic carbocycles. The van der Waals surface area contributed by atoms with E-state index in [1.54, 1.807) is 43.5 Å². The number of alkyl carbamates (subject to hydrolysis) is 1. The number of rotatable bonds is 7. The minimum absolute atomic E-state index is 0.0846. The Hall–Kier alpha value is -3.16. The molecule has 166 valence electrons. The number of Topliss-reactive ketones (excluding diaryl/α,β-unsaturated/α-hetero) is 1. The molecule has 1 saturated heterocycles. The first-order valence-electron chi connectivity index (χ1n) is 10.5. The Kier molecular flexibility index (Phi) is 6.77. The van der Waals surface area contributed by atoms with Crippen molar-refractivity contribution in [1.29, 1.82) is 0 Å². The second kappa shape index (κ2) is 9.32. The van der Waals surface area contributed by atoms with Crippen LogP contribution in [0.25, 0.3) is 0 Å². The largest absolute Gasteiger partial charge is 0.444 e. The number of benzene rings is 1. The number of hydrogen-bond donors (Lipinski definition) is 1. The Bertz CT molecular complexity index is 946. The lowest BCUT2D eigenvalue weighted by atomic mass is 10.0. The molecule has 8 nitrogen and oxygen atoms in total. The summed E-state index contributed by atoms with van der Waals surface area (Å²) in [7, 11) is 0. The highest BCUT2D eigenvalue weighted by Crippen LogP contribution is 2.23. The number of nitrogens with one attached hydrogen (secondary N) is 1. The minimum atomic E-state index is -0.594. The number of carbonyl (C=O) groups is 3. The first kappa shape index (κ1) is 22.5. The van der Waals surface area contributed by atoms with Gasteiger partial charge in [-0.3, -0.25) is 14.3 Å². The highest BCUT2D eigenvalue weighted by molar-refractivity contribution is 6.04. The molecule has 1 aliphatic rings. The summed E-state index contributed by atoms with van der Waals surface area (Å²) in [6.07, 6.45) is 2.00. The molecule has 0 saturated carbocycles. The van der Waals surface area contributed by atoms with Crippen LogP contribution >= 0.6 is 0 Å². The zero-order chi connectivity index (χ0) is 22.6. The highest BCUT2D eigenvalue weighted by Gasteiger charge is 2.37. The number of hydrogen-bond acceptors (Lipinski definition) is 5. The zero-order valence-electron chi connectivity index (χ0n) is 18.6. The summed E-state index contributed by atoms with van der Waals surface area (Å²) in [5.41, 5.74) is 1.67. The van der Waals surface area contributed by atoms with Gasteiger partial charge < -0.3 is 15.0 Å². The van der Waals surface area contributed by atoms with E-state index in [0.29, 0.717) is 30.6 Å². The SMILES string of the molecule is Cc1nn(Cc2ccccc2)cc1C(=O)[C@@H]1CCC(=O)N1CCNC(=O)OC(C)(C)C. The van der Waals surface area contributed by atoms with Gasteiger partial charge in [0.2, 0.25) is 5.91 Å². The van der Waals surface area contributed by atoms with Gasteiger partial charge in [0.05, 0.1) is 23.8 Å². The van der Waals surface area contributed by atoms with Crippen LogP contribution in [0.1, 0.15) is 55.2 Å². The van der Waals surface area contributed by atoms with Gasteiger partial charge in [0.1, 0.15) is 5.60 Å². The fraction of sp³-hybridized carbons (Fsp3) is 0.478. The van der Waals surface area contributed by atoms with Crippen LogP contribution in [0.2, 0.25) is 0 Å². The Morgan fingerprint density at radius 1 is 1.23 bits per heavy atom. The van der Waals surface area contributed by atoms with Crippen molar-refractivity contribution in [3.8, 4) is 0 Å². The maximum Gasteiger partial charge on any atom is 0.407 e. The van der Waals surface area contributed by atoms with E-state index in [1.165, 1.54) is 0 Å². The molecule has 1 N–H and O–H groups in total. The van der Waals surface area contributed by atoms with Crippen LogP contribution < -0.4 is 5.32 Å². The van der Waals surface area contributed by atoms with E-state index in [9.17, 15) is 14.4 Å². The molecule has 1 aromatic heterocycles. The first-order valence-corrected chi connectivity index (χ1v) is 10.5. The van der Waals surface area contributed by atoms with E-state index >= 15 is 0 Å². The van der Waals surface area contributed by atoms with Crippen molar-refractivity contribution >= 4 is 17.8 Å². The number of nitrogens with zero attached hydrogens (tertiary/aromatic N) is 3. The Morgan fingerprint density at radius 3 is 2.61 bits per heavy atom. The number of likely N-dealkylation sites (tertiary alicyclic amines) is 1.